The first-order chi connectivity index (χ1) is 10.7. The molecule has 0 atom stereocenters. The number of benzene rings is 1. The number of rotatable bonds is 5. The Morgan fingerprint density at radius 2 is 2.00 bits per heavy atom. The number of esters is 1. The summed E-state index contributed by atoms with van der Waals surface area (Å²) in [5.41, 5.74) is 0.908. The molecule has 1 aliphatic rings. The summed E-state index contributed by atoms with van der Waals surface area (Å²) in [7, 11) is 0. The standard InChI is InChI=1S/C16H22N2O3S/c1-2-3-10-21-15(19)13-6-4-5-7-14(13)17-16(20)18-8-11-22-12-9-18/h4-7H,2-3,8-12H2,1H3,(H,17,20). The van der Waals surface area contributed by atoms with Gasteiger partial charge in [0.1, 0.15) is 0 Å². The molecule has 0 saturated carbocycles. The SMILES string of the molecule is CCCCOC(=O)c1ccccc1NC(=O)N1CCSCC1. The third kappa shape index (κ3) is 4.66. The van der Waals surface area contributed by atoms with E-state index in [1.165, 1.54) is 0 Å². The highest BCUT2D eigenvalue weighted by atomic mass is 32.2. The first kappa shape index (κ1) is 16.7. The third-order valence-electron chi connectivity index (χ3n) is 3.42. The van der Waals surface area contributed by atoms with Gasteiger partial charge in [0, 0.05) is 24.6 Å². The van der Waals surface area contributed by atoms with Crippen LogP contribution in [0.15, 0.2) is 24.3 Å². The number of carbonyl (C=O) groups is 2. The molecule has 1 saturated heterocycles. The van der Waals surface area contributed by atoms with E-state index in [9.17, 15) is 9.59 Å². The summed E-state index contributed by atoms with van der Waals surface area (Å²) in [6, 6.07) is 6.81. The Labute approximate surface area is 135 Å². The van der Waals surface area contributed by atoms with Crippen LogP contribution in [0.5, 0.6) is 0 Å². The van der Waals surface area contributed by atoms with Gasteiger partial charge in [-0.1, -0.05) is 25.5 Å². The number of carbonyl (C=O) groups excluding carboxylic acids is 2. The number of hydrogen-bond donors (Lipinski definition) is 1. The zero-order chi connectivity index (χ0) is 15.8. The van der Waals surface area contributed by atoms with Crippen LogP contribution < -0.4 is 5.32 Å². The fraction of sp³-hybridized carbons (Fsp3) is 0.500. The average molecular weight is 322 g/mol. The molecule has 5 nitrogen and oxygen atoms in total. The molecule has 0 aliphatic carbocycles. The maximum absolute atomic E-state index is 12.3. The fourth-order valence-electron chi connectivity index (χ4n) is 2.12. The minimum Gasteiger partial charge on any atom is -0.462 e. The number of amides is 2. The maximum atomic E-state index is 12.3. The van der Waals surface area contributed by atoms with Gasteiger partial charge in [-0.3, -0.25) is 0 Å². The van der Waals surface area contributed by atoms with E-state index >= 15 is 0 Å². The Balaban J connectivity index is 2.01. The minimum atomic E-state index is -0.390. The van der Waals surface area contributed by atoms with Crippen molar-refractivity contribution in [3.05, 3.63) is 29.8 Å². The van der Waals surface area contributed by atoms with Crippen LogP contribution in [-0.2, 0) is 4.74 Å². The van der Waals surface area contributed by atoms with Gasteiger partial charge in [0.05, 0.1) is 17.9 Å². The summed E-state index contributed by atoms with van der Waals surface area (Å²) in [4.78, 5) is 26.1. The molecule has 1 fully saturated rings. The highest BCUT2D eigenvalue weighted by Gasteiger charge is 2.19. The molecule has 120 valence electrons. The molecule has 1 N–H and O–H groups in total. The molecule has 0 bridgehead atoms. The summed E-state index contributed by atoms with van der Waals surface area (Å²) < 4.78 is 5.23. The van der Waals surface area contributed by atoms with Crippen molar-refractivity contribution >= 4 is 29.4 Å². The molecular weight excluding hydrogens is 300 g/mol. The number of para-hydroxylation sites is 1. The third-order valence-corrected chi connectivity index (χ3v) is 4.36. The van der Waals surface area contributed by atoms with Crippen LogP contribution in [0.3, 0.4) is 0 Å². The number of nitrogens with zero attached hydrogens (tertiary/aromatic N) is 1. The second-order valence-corrected chi connectivity index (χ2v) is 6.29. The maximum Gasteiger partial charge on any atom is 0.340 e. The smallest absolute Gasteiger partial charge is 0.340 e. The van der Waals surface area contributed by atoms with Gasteiger partial charge < -0.3 is 15.0 Å². The van der Waals surface area contributed by atoms with Crippen molar-refractivity contribution in [2.24, 2.45) is 0 Å². The molecule has 2 rings (SSSR count). The van der Waals surface area contributed by atoms with Crippen LogP contribution in [0.4, 0.5) is 10.5 Å². The highest BCUT2D eigenvalue weighted by Crippen LogP contribution is 2.18. The molecule has 0 spiro atoms. The lowest BCUT2D eigenvalue weighted by Gasteiger charge is -2.26. The van der Waals surface area contributed by atoms with E-state index in [-0.39, 0.29) is 6.03 Å². The summed E-state index contributed by atoms with van der Waals surface area (Å²) in [6.07, 6.45) is 1.81. The second-order valence-electron chi connectivity index (χ2n) is 5.06. The van der Waals surface area contributed by atoms with Gasteiger partial charge in [-0.15, -0.1) is 0 Å². The topological polar surface area (TPSA) is 58.6 Å². The number of thioether (sulfide) groups is 1. The Morgan fingerprint density at radius 1 is 1.27 bits per heavy atom. The summed E-state index contributed by atoms with van der Waals surface area (Å²) in [5.74, 6) is 1.51. The van der Waals surface area contributed by atoms with E-state index in [0.29, 0.717) is 17.9 Å². The van der Waals surface area contributed by atoms with Crippen LogP contribution in [0, 0.1) is 0 Å². The molecular formula is C16H22N2O3S. The Hall–Kier alpha value is -1.69. The predicted molar refractivity (Wildman–Crippen MR) is 89.5 cm³/mol. The van der Waals surface area contributed by atoms with Gasteiger partial charge in [0.15, 0.2) is 0 Å². The summed E-state index contributed by atoms with van der Waals surface area (Å²) in [6.45, 7) is 3.92. The predicted octanol–water partition coefficient (Wildman–Crippen LogP) is 3.22. The molecule has 6 heteroatoms. The molecule has 1 aromatic carbocycles. The van der Waals surface area contributed by atoms with Crippen molar-refractivity contribution < 1.29 is 14.3 Å². The van der Waals surface area contributed by atoms with Gasteiger partial charge in [-0.05, 0) is 18.6 Å². The molecule has 0 radical (unpaired) electrons. The molecule has 0 aromatic heterocycles. The number of hydrogen-bond acceptors (Lipinski definition) is 4. The summed E-state index contributed by atoms with van der Waals surface area (Å²) >= 11 is 1.85. The lowest BCUT2D eigenvalue weighted by Crippen LogP contribution is -2.40. The lowest BCUT2D eigenvalue weighted by molar-refractivity contribution is 0.0501. The number of nitrogens with one attached hydrogen (secondary N) is 1. The molecule has 1 aromatic rings. The second kappa shape index (κ2) is 8.68. The van der Waals surface area contributed by atoms with Crippen molar-refractivity contribution in [3.8, 4) is 0 Å². The van der Waals surface area contributed by atoms with E-state index in [1.807, 2.05) is 18.7 Å². The van der Waals surface area contributed by atoms with Crippen molar-refractivity contribution in [2.75, 3.05) is 36.5 Å². The fourth-order valence-corrected chi connectivity index (χ4v) is 3.02. The van der Waals surface area contributed by atoms with Crippen molar-refractivity contribution in [1.82, 2.24) is 4.90 Å². The largest absolute Gasteiger partial charge is 0.462 e. The van der Waals surface area contributed by atoms with E-state index in [0.717, 1.165) is 37.4 Å². The lowest BCUT2D eigenvalue weighted by atomic mass is 10.2. The zero-order valence-corrected chi connectivity index (χ0v) is 13.7. The van der Waals surface area contributed by atoms with E-state index in [2.05, 4.69) is 5.32 Å². The molecule has 1 heterocycles. The first-order valence-corrected chi connectivity index (χ1v) is 8.77. The number of ether oxygens (including phenoxy) is 1. The van der Waals surface area contributed by atoms with Gasteiger partial charge in [0.25, 0.3) is 0 Å². The molecule has 0 unspecified atom stereocenters. The first-order valence-electron chi connectivity index (χ1n) is 7.62. The van der Waals surface area contributed by atoms with Gasteiger partial charge in [-0.2, -0.15) is 11.8 Å². The van der Waals surface area contributed by atoms with Crippen molar-refractivity contribution in [3.63, 3.8) is 0 Å². The average Bonchev–Trinajstić information content (AvgIpc) is 2.56. The Kier molecular flexibility index (Phi) is 6.58. The van der Waals surface area contributed by atoms with Crippen LogP contribution in [0.1, 0.15) is 30.1 Å². The number of urea groups is 1. The molecule has 2 amide bonds. The number of unbranched alkanes of at least 4 members (excludes halogenated alkanes) is 1. The van der Waals surface area contributed by atoms with E-state index < -0.39 is 5.97 Å². The zero-order valence-electron chi connectivity index (χ0n) is 12.8. The van der Waals surface area contributed by atoms with Crippen LogP contribution in [0.2, 0.25) is 0 Å². The summed E-state index contributed by atoms with van der Waals surface area (Å²) in [5, 5.41) is 2.83. The van der Waals surface area contributed by atoms with Gasteiger partial charge in [0.2, 0.25) is 0 Å². The van der Waals surface area contributed by atoms with E-state index in [4.69, 9.17) is 4.74 Å². The van der Waals surface area contributed by atoms with Crippen LogP contribution in [0.25, 0.3) is 0 Å². The molecule has 22 heavy (non-hydrogen) atoms. The number of anilines is 1. The quantitative estimate of drug-likeness (QED) is 0.668. The van der Waals surface area contributed by atoms with Crippen molar-refractivity contribution in [2.45, 2.75) is 19.8 Å². The highest BCUT2D eigenvalue weighted by molar-refractivity contribution is 7.99. The normalized spacial score (nSPS) is 14.5. The van der Waals surface area contributed by atoms with Gasteiger partial charge >= 0.3 is 12.0 Å². The minimum absolute atomic E-state index is 0.158. The Bertz CT molecular complexity index is 516. The molecule has 1 aliphatic heterocycles. The van der Waals surface area contributed by atoms with Crippen molar-refractivity contribution in [1.29, 1.82) is 0 Å². The van der Waals surface area contributed by atoms with Gasteiger partial charge in [-0.25, -0.2) is 9.59 Å². The van der Waals surface area contributed by atoms with Crippen LogP contribution in [-0.4, -0.2) is 48.1 Å². The monoisotopic (exact) mass is 322 g/mol. The van der Waals surface area contributed by atoms with Crippen LogP contribution >= 0.6 is 11.8 Å². The van der Waals surface area contributed by atoms with E-state index in [1.54, 1.807) is 29.2 Å². The Morgan fingerprint density at radius 3 is 2.73 bits per heavy atom.